The maximum atomic E-state index is 12.7. The lowest BCUT2D eigenvalue weighted by molar-refractivity contribution is 0.0692. The van der Waals surface area contributed by atoms with Gasteiger partial charge >= 0.3 is 5.97 Å². The minimum Gasteiger partial charge on any atom is -0.478 e. The Morgan fingerprint density at radius 3 is 2.38 bits per heavy atom. The summed E-state index contributed by atoms with van der Waals surface area (Å²) in [5, 5.41) is 8.39. The SMILES string of the molecule is CC.Nc1cccc(C(=O)O)c1F. The number of nitrogens with two attached hydrogens (primary N) is 1. The van der Waals surface area contributed by atoms with E-state index in [1.54, 1.807) is 0 Å². The van der Waals surface area contributed by atoms with Crippen LogP contribution in [-0.4, -0.2) is 11.1 Å². The zero-order valence-electron chi connectivity index (χ0n) is 7.54. The molecule has 72 valence electrons. The Balaban J connectivity index is 0.000000671. The first kappa shape index (κ1) is 11.4. The summed E-state index contributed by atoms with van der Waals surface area (Å²) in [6, 6.07) is 3.86. The Bertz CT molecular complexity index is 300. The highest BCUT2D eigenvalue weighted by Gasteiger charge is 2.10. The second kappa shape index (κ2) is 5.13. The van der Waals surface area contributed by atoms with Crippen molar-refractivity contribution in [1.29, 1.82) is 0 Å². The van der Waals surface area contributed by atoms with Gasteiger partial charge in [0.25, 0.3) is 0 Å². The molecule has 0 bridgehead atoms. The number of hydrogen-bond acceptors (Lipinski definition) is 2. The summed E-state index contributed by atoms with van der Waals surface area (Å²) in [7, 11) is 0. The molecule has 4 heteroatoms. The lowest BCUT2D eigenvalue weighted by Crippen LogP contribution is -2.02. The first-order chi connectivity index (χ1) is 6.13. The summed E-state index contributed by atoms with van der Waals surface area (Å²) >= 11 is 0. The van der Waals surface area contributed by atoms with E-state index in [1.807, 2.05) is 13.8 Å². The normalized spacial score (nSPS) is 8.54. The lowest BCUT2D eigenvalue weighted by atomic mass is 10.2. The van der Waals surface area contributed by atoms with Crippen molar-refractivity contribution >= 4 is 11.7 Å². The molecule has 3 N–H and O–H groups in total. The van der Waals surface area contributed by atoms with Crippen LogP contribution in [-0.2, 0) is 0 Å². The third-order valence-electron chi connectivity index (χ3n) is 1.26. The van der Waals surface area contributed by atoms with Crippen LogP contribution >= 0.6 is 0 Å². The van der Waals surface area contributed by atoms with Crippen LogP contribution in [0.2, 0.25) is 0 Å². The van der Waals surface area contributed by atoms with E-state index < -0.39 is 17.3 Å². The predicted octanol–water partition coefficient (Wildman–Crippen LogP) is 2.13. The molecule has 0 radical (unpaired) electrons. The zero-order valence-corrected chi connectivity index (χ0v) is 7.54. The molecule has 0 saturated carbocycles. The predicted molar refractivity (Wildman–Crippen MR) is 49.1 cm³/mol. The molecule has 0 aliphatic carbocycles. The van der Waals surface area contributed by atoms with Gasteiger partial charge in [-0.25, -0.2) is 9.18 Å². The minimum atomic E-state index is -1.31. The molecular formula is C9H12FNO2. The van der Waals surface area contributed by atoms with Crippen molar-refractivity contribution in [3.05, 3.63) is 29.6 Å². The third kappa shape index (κ3) is 2.74. The number of anilines is 1. The third-order valence-corrected chi connectivity index (χ3v) is 1.26. The molecule has 1 rings (SSSR count). The number of benzene rings is 1. The number of carboxylic acid groups (broad SMARTS) is 1. The Kier molecular flexibility index (Phi) is 4.51. The van der Waals surface area contributed by atoms with Gasteiger partial charge in [-0.1, -0.05) is 19.9 Å². The van der Waals surface area contributed by atoms with Crippen LogP contribution in [0.5, 0.6) is 0 Å². The van der Waals surface area contributed by atoms with Crippen LogP contribution < -0.4 is 5.73 Å². The summed E-state index contributed by atoms with van der Waals surface area (Å²) < 4.78 is 12.7. The highest BCUT2D eigenvalue weighted by molar-refractivity contribution is 5.89. The van der Waals surface area contributed by atoms with Crippen molar-refractivity contribution in [2.24, 2.45) is 0 Å². The average molecular weight is 185 g/mol. The van der Waals surface area contributed by atoms with E-state index in [0.717, 1.165) is 6.07 Å². The highest BCUT2D eigenvalue weighted by atomic mass is 19.1. The molecular weight excluding hydrogens is 173 g/mol. The van der Waals surface area contributed by atoms with E-state index in [0.29, 0.717) is 0 Å². The molecule has 13 heavy (non-hydrogen) atoms. The zero-order chi connectivity index (χ0) is 10.4. The molecule has 0 atom stereocenters. The van der Waals surface area contributed by atoms with E-state index in [2.05, 4.69) is 0 Å². The fourth-order valence-corrected chi connectivity index (χ4v) is 0.715. The Labute approximate surface area is 76.0 Å². The van der Waals surface area contributed by atoms with Crippen molar-refractivity contribution < 1.29 is 14.3 Å². The molecule has 0 spiro atoms. The second-order valence-corrected chi connectivity index (χ2v) is 2.01. The largest absolute Gasteiger partial charge is 0.478 e. The molecule has 0 aliphatic rings. The smallest absolute Gasteiger partial charge is 0.338 e. The van der Waals surface area contributed by atoms with E-state index in [9.17, 15) is 9.18 Å². The van der Waals surface area contributed by atoms with Crippen LogP contribution in [0, 0.1) is 5.82 Å². The second-order valence-electron chi connectivity index (χ2n) is 2.01. The summed E-state index contributed by atoms with van der Waals surface area (Å²) in [4.78, 5) is 10.3. The number of carbonyl (C=O) groups is 1. The number of hydrogen-bond donors (Lipinski definition) is 2. The van der Waals surface area contributed by atoms with Gasteiger partial charge in [-0.05, 0) is 12.1 Å². The van der Waals surface area contributed by atoms with Crippen LogP contribution in [0.1, 0.15) is 24.2 Å². The monoisotopic (exact) mass is 185 g/mol. The molecule has 0 aliphatic heterocycles. The Hall–Kier alpha value is -1.58. The molecule has 0 heterocycles. The molecule has 0 amide bonds. The number of rotatable bonds is 1. The van der Waals surface area contributed by atoms with E-state index in [1.165, 1.54) is 12.1 Å². The van der Waals surface area contributed by atoms with Crippen molar-refractivity contribution in [3.63, 3.8) is 0 Å². The van der Waals surface area contributed by atoms with Gasteiger partial charge < -0.3 is 10.8 Å². The van der Waals surface area contributed by atoms with Gasteiger partial charge in [-0.2, -0.15) is 0 Å². The van der Waals surface area contributed by atoms with E-state index >= 15 is 0 Å². The standard InChI is InChI=1S/C7H6FNO2.C2H6/c8-6-4(7(10)11)2-1-3-5(6)9;1-2/h1-3H,9H2,(H,10,11);1-2H3. The average Bonchev–Trinajstić information content (AvgIpc) is 2.13. The van der Waals surface area contributed by atoms with Crippen molar-refractivity contribution in [1.82, 2.24) is 0 Å². The lowest BCUT2D eigenvalue weighted by Gasteiger charge is -1.98. The van der Waals surface area contributed by atoms with Gasteiger partial charge in [-0.3, -0.25) is 0 Å². The fourth-order valence-electron chi connectivity index (χ4n) is 0.715. The molecule has 1 aromatic carbocycles. The topological polar surface area (TPSA) is 63.3 Å². The van der Waals surface area contributed by atoms with Crippen molar-refractivity contribution in [2.45, 2.75) is 13.8 Å². The molecule has 0 unspecified atom stereocenters. The molecule has 3 nitrogen and oxygen atoms in total. The van der Waals surface area contributed by atoms with Crippen molar-refractivity contribution in [3.8, 4) is 0 Å². The van der Waals surface area contributed by atoms with Crippen LogP contribution in [0.15, 0.2) is 18.2 Å². The van der Waals surface area contributed by atoms with Gasteiger partial charge in [-0.15, -0.1) is 0 Å². The Morgan fingerprint density at radius 1 is 1.46 bits per heavy atom. The first-order valence-electron chi connectivity index (χ1n) is 3.90. The van der Waals surface area contributed by atoms with Gasteiger partial charge in [0, 0.05) is 0 Å². The number of carboxylic acids is 1. The number of nitrogen functional groups attached to an aromatic ring is 1. The Morgan fingerprint density at radius 2 is 2.00 bits per heavy atom. The minimum absolute atomic E-state index is 0.148. The number of halogens is 1. The number of aromatic carboxylic acids is 1. The van der Waals surface area contributed by atoms with Crippen LogP contribution in [0.4, 0.5) is 10.1 Å². The molecule has 1 aromatic rings. The summed E-state index contributed by atoms with van der Waals surface area (Å²) in [6.07, 6.45) is 0. The quantitative estimate of drug-likeness (QED) is 0.659. The summed E-state index contributed by atoms with van der Waals surface area (Å²) in [6.45, 7) is 4.00. The van der Waals surface area contributed by atoms with Crippen LogP contribution in [0.25, 0.3) is 0 Å². The molecule has 0 aromatic heterocycles. The van der Waals surface area contributed by atoms with Crippen molar-refractivity contribution in [2.75, 3.05) is 5.73 Å². The van der Waals surface area contributed by atoms with Gasteiger partial charge in [0.05, 0.1) is 11.3 Å². The van der Waals surface area contributed by atoms with E-state index in [-0.39, 0.29) is 5.69 Å². The highest BCUT2D eigenvalue weighted by Crippen LogP contribution is 2.13. The van der Waals surface area contributed by atoms with Gasteiger partial charge in [0.2, 0.25) is 0 Å². The van der Waals surface area contributed by atoms with Crippen LogP contribution in [0.3, 0.4) is 0 Å². The molecule has 0 saturated heterocycles. The van der Waals surface area contributed by atoms with E-state index in [4.69, 9.17) is 10.8 Å². The summed E-state index contributed by atoms with van der Waals surface area (Å²) in [5.41, 5.74) is 4.57. The fraction of sp³-hybridized carbons (Fsp3) is 0.222. The molecule has 0 fully saturated rings. The maximum absolute atomic E-state index is 12.7. The first-order valence-corrected chi connectivity index (χ1v) is 3.90. The summed E-state index contributed by atoms with van der Waals surface area (Å²) in [5.74, 6) is -2.19. The maximum Gasteiger partial charge on any atom is 0.338 e. The van der Waals surface area contributed by atoms with Gasteiger partial charge in [0.15, 0.2) is 5.82 Å². The van der Waals surface area contributed by atoms with Gasteiger partial charge in [0.1, 0.15) is 0 Å².